The number of nitro groups is 1. The molecule has 0 aliphatic carbocycles. The molecule has 2 aromatic rings. The smallest absolute Gasteiger partial charge is 0.269 e. The van der Waals surface area contributed by atoms with E-state index in [0.29, 0.717) is 17.1 Å². The quantitative estimate of drug-likeness (QED) is 0.471. The van der Waals surface area contributed by atoms with Crippen LogP contribution < -0.4 is 4.74 Å². The molecule has 96 valence electrons. The van der Waals surface area contributed by atoms with Gasteiger partial charge >= 0.3 is 0 Å². The first kappa shape index (κ1) is 12.7. The van der Waals surface area contributed by atoms with Crippen molar-refractivity contribution in [1.82, 2.24) is 0 Å². The summed E-state index contributed by atoms with van der Waals surface area (Å²) in [4.78, 5) is 10.1. The molecule has 2 rings (SSSR count). The lowest BCUT2D eigenvalue weighted by molar-refractivity contribution is -0.384. The van der Waals surface area contributed by atoms with Crippen LogP contribution >= 0.6 is 0 Å². The summed E-state index contributed by atoms with van der Waals surface area (Å²) in [6.07, 6.45) is 0. The fourth-order valence-corrected chi connectivity index (χ4v) is 1.47. The Hall–Kier alpha value is -2.76. The van der Waals surface area contributed by atoms with Crippen molar-refractivity contribution in [2.45, 2.75) is 0 Å². The number of hydrogen-bond donors (Lipinski definition) is 0. The Balaban J connectivity index is 2.20. The van der Waals surface area contributed by atoms with E-state index < -0.39 is 4.92 Å². The average Bonchev–Trinajstić information content (AvgIpc) is 2.45. The van der Waals surface area contributed by atoms with Gasteiger partial charge in [-0.05, 0) is 24.3 Å². The van der Waals surface area contributed by atoms with Crippen molar-refractivity contribution in [3.8, 4) is 5.75 Å². The van der Waals surface area contributed by atoms with E-state index in [9.17, 15) is 10.1 Å². The van der Waals surface area contributed by atoms with Gasteiger partial charge in [-0.25, -0.2) is 0 Å². The van der Waals surface area contributed by atoms with E-state index in [1.165, 1.54) is 24.3 Å². The van der Waals surface area contributed by atoms with Crippen LogP contribution in [0.3, 0.4) is 0 Å². The van der Waals surface area contributed by atoms with Gasteiger partial charge in [0.2, 0.25) is 0 Å². The lowest BCUT2D eigenvalue weighted by Gasteiger charge is -2.01. The highest BCUT2D eigenvalue weighted by Gasteiger charge is 2.03. The van der Waals surface area contributed by atoms with Gasteiger partial charge in [-0.15, -0.1) is 5.11 Å². The van der Waals surface area contributed by atoms with Gasteiger partial charge in [0.15, 0.2) is 0 Å². The molecule has 0 spiro atoms. The van der Waals surface area contributed by atoms with Crippen molar-refractivity contribution < 1.29 is 9.66 Å². The SMILES string of the molecule is COc1ccccc1/N=N/c1ccc([N+](=O)[O-])cc1. The van der Waals surface area contributed by atoms with Gasteiger partial charge < -0.3 is 4.74 Å². The van der Waals surface area contributed by atoms with Crippen LogP contribution in [0.2, 0.25) is 0 Å². The number of nitro benzene ring substituents is 1. The fraction of sp³-hybridized carbons (Fsp3) is 0.0769. The molecule has 0 aliphatic heterocycles. The van der Waals surface area contributed by atoms with Crippen LogP contribution in [0.5, 0.6) is 5.75 Å². The number of nitrogens with zero attached hydrogens (tertiary/aromatic N) is 3. The molecular formula is C13H11N3O3. The third-order valence-electron chi connectivity index (χ3n) is 2.42. The second-order valence-corrected chi connectivity index (χ2v) is 3.65. The van der Waals surface area contributed by atoms with Gasteiger partial charge in [0.25, 0.3) is 5.69 Å². The summed E-state index contributed by atoms with van der Waals surface area (Å²) in [5.41, 5.74) is 1.16. The van der Waals surface area contributed by atoms with Gasteiger partial charge in [-0.1, -0.05) is 12.1 Å². The molecule has 0 bridgehead atoms. The van der Waals surface area contributed by atoms with Gasteiger partial charge in [0.1, 0.15) is 11.4 Å². The fourth-order valence-electron chi connectivity index (χ4n) is 1.47. The molecule has 0 fully saturated rings. The van der Waals surface area contributed by atoms with Crippen molar-refractivity contribution in [3.63, 3.8) is 0 Å². The Bertz CT molecular complexity index is 609. The summed E-state index contributed by atoms with van der Waals surface area (Å²) in [6, 6.07) is 13.1. The number of rotatable bonds is 4. The second-order valence-electron chi connectivity index (χ2n) is 3.65. The summed E-state index contributed by atoms with van der Waals surface area (Å²) in [7, 11) is 1.56. The highest BCUT2D eigenvalue weighted by atomic mass is 16.6. The first-order chi connectivity index (χ1) is 9.20. The maximum absolute atomic E-state index is 10.5. The van der Waals surface area contributed by atoms with Crippen molar-refractivity contribution in [2.75, 3.05) is 7.11 Å². The predicted octanol–water partition coefficient (Wildman–Crippen LogP) is 4.02. The van der Waals surface area contributed by atoms with Crippen LogP contribution in [0.4, 0.5) is 17.1 Å². The molecule has 0 unspecified atom stereocenters. The van der Waals surface area contributed by atoms with E-state index >= 15 is 0 Å². The number of benzene rings is 2. The molecule has 19 heavy (non-hydrogen) atoms. The molecule has 0 aliphatic rings. The average molecular weight is 257 g/mol. The zero-order valence-electron chi connectivity index (χ0n) is 10.2. The molecule has 0 atom stereocenters. The van der Waals surface area contributed by atoms with Crippen molar-refractivity contribution >= 4 is 17.1 Å². The van der Waals surface area contributed by atoms with Gasteiger partial charge in [0.05, 0.1) is 17.7 Å². The second kappa shape index (κ2) is 5.72. The first-order valence-corrected chi connectivity index (χ1v) is 5.50. The minimum Gasteiger partial charge on any atom is -0.494 e. The first-order valence-electron chi connectivity index (χ1n) is 5.50. The molecule has 0 radical (unpaired) electrons. The third-order valence-corrected chi connectivity index (χ3v) is 2.42. The van der Waals surface area contributed by atoms with E-state index in [4.69, 9.17) is 4.74 Å². The Kier molecular flexibility index (Phi) is 3.82. The van der Waals surface area contributed by atoms with Crippen LogP contribution in [0.15, 0.2) is 58.8 Å². The molecular weight excluding hydrogens is 246 g/mol. The number of non-ortho nitro benzene ring substituents is 1. The summed E-state index contributed by atoms with van der Waals surface area (Å²) in [5.74, 6) is 0.619. The zero-order valence-corrected chi connectivity index (χ0v) is 10.2. The molecule has 0 aromatic heterocycles. The minimum atomic E-state index is -0.457. The van der Waals surface area contributed by atoms with Crippen LogP contribution in [-0.2, 0) is 0 Å². The molecule has 0 saturated heterocycles. The number of hydrogen-bond acceptors (Lipinski definition) is 5. The van der Waals surface area contributed by atoms with Crippen molar-refractivity contribution in [3.05, 3.63) is 58.6 Å². The van der Waals surface area contributed by atoms with E-state index in [1.807, 2.05) is 12.1 Å². The molecule has 0 saturated carbocycles. The molecule has 2 aromatic carbocycles. The van der Waals surface area contributed by atoms with Crippen LogP contribution in [0.1, 0.15) is 0 Å². The topological polar surface area (TPSA) is 77.1 Å². The van der Waals surface area contributed by atoms with E-state index in [0.717, 1.165) is 0 Å². The number of methoxy groups -OCH3 is 1. The standard InChI is InChI=1S/C13H11N3O3/c1-19-13-5-3-2-4-12(13)15-14-10-6-8-11(9-7-10)16(17)18/h2-9H,1H3/b15-14+. The lowest BCUT2D eigenvalue weighted by atomic mass is 10.3. The van der Waals surface area contributed by atoms with Crippen LogP contribution in [0.25, 0.3) is 0 Å². The number of ether oxygens (including phenoxy) is 1. The van der Waals surface area contributed by atoms with E-state index in [-0.39, 0.29) is 5.69 Å². The Morgan fingerprint density at radius 1 is 1.05 bits per heavy atom. The Labute approximate surface area is 109 Å². The van der Waals surface area contributed by atoms with Gasteiger partial charge in [0, 0.05) is 12.1 Å². The van der Waals surface area contributed by atoms with E-state index in [2.05, 4.69) is 10.2 Å². The van der Waals surface area contributed by atoms with Crippen LogP contribution in [0, 0.1) is 10.1 Å². The van der Waals surface area contributed by atoms with Crippen molar-refractivity contribution in [2.24, 2.45) is 10.2 Å². The minimum absolute atomic E-state index is 0.0243. The Morgan fingerprint density at radius 3 is 2.37 bits per heavy atom. The number of azo groups is 1. The highest BCUT2D eigenvalue weighted by Crippen LogP contribution is 2.28. The zero-order chi connectivity index (χ0) is 13.7. The van der Waals surface area contributed by atoms with Gasteiger partial charge in [-0.2, -0.15) is 5.11 Å². The van der Waals surface area contributed by atoms with Crippen molar-refractivity contribution in [1.29, 1.82) is 0 Å². The summed E-state index contributed by atoms with van der Waals surface area (Å²) in [6.45, 7) is 0. The number of para-hydroxylation sites is 1. The van der Waals surface area contributed by atoms with Crippen LogP contribution in [-0.4, -0.2) is 12.0 Å². The van der Waals surface area contributed by atoms with E-state index in [1.54, 1.807) is 19.2 Å². The van der Waals surface area contributed by atoms with Gasteiger partial charge in [-0.3, -0.25) is 10.1 Å². The molecule has 0 amide bonds. The largest absolute Gasteiger partial charge is 0.494 e. The highest BCUT2D eigenvalue weighted by molar-refractivity contribution is 5.51. The molecule has 6 heteroatoms. The molecule has 0 heterocycles. The summed E-state index contributed by atoms with van der Waals surface area (Å²) >= 11 is 0. The summed E-state index contributed by atoms with van der Waals surface area (Å²) < 4.78 is 5.14. The lowest BCUT2D eigenvalue weighted by Crippen LogP contribution is -1.85. The molecule has 6 nitrogen and oxygen atoms in total. The maximum Gasteiger partial charge on any atom is 0.269 e. The normalized spacial score (nSPS) is 10.6. The third kappa shape index (κ3) is 3.12. The Morgan fingerprint density at radius 2 is 1.74 bits per heavy atom. The molecule has 0 N–H and O–H groups in total. The predicted molar refractivity (Wildman–Crippen MR) is 70.3 cm³/mol. The summed E-state index contributed by atoms with van der Waals surface area (Å²) in [5, 5.41) is 18.6. The monoisotopic (exact) mass is 257 g/mol. The maximum atomic E-state index is 10.5.